The van der Waals surface area contributed by atoms with E-state index in [4.69, 9.17) is 12.2 Å². The van der Waals surface area contributed by atoms with Crippen molar-refractivity contribution in [3.8, 4) is 0 Å². The van der Waals surface area contributed by atoms with Crippen molar-refractivity contribution in [3.63, 3.8) is 0 Å². The third-order valence-corrected chi connectivity index (χ3v) is 3.04. The van der Waals surface area contributed by atoms with E-state index in [1.165, 1.54) is 7.17 Å². The normalized spacial score (nSPS) is 10.9. The average molecular weight is 231 g/mol. The summed E-state index contributed by atoms with van der Waals surface area (Å²) in [6.45, 7) is 1.95. The van der Waals surface area contributed by atoms with Gasteiger partial charge in [-0.15, -0.1) is 0 Å². The molecule has 83 valence electrons. The maximum atomic E-state index is 12.4. The zero-order valence-corrected chi connectivity index (χ0v) is 9.94. The summed E-state index contributed by atoms with van der Waals surface area (Å²) in [5.41, 5.74) is 3.03. The van der Waals surface area contributed by atoms with Gasteiger partial charge in [-0.1, -0.05) is 29.2 Å². The number of hydrogen-bond acceptors (Lipinski definition) is 2. The van der Waals surface area contributed by atoms with E-state index in [1.54, 1.807) is 12.1 Å². The van der Waals surface area contributed by atoms with Gasteiger partial charge in [0.2, 0.25) is 5.43 Å². The molecule has 3 radical (unpaired) electrons. The Balaban J connectivity index is 2.49. The van der Waals surface area contributed by atoms with Gasteiger partial charge in [-0.05, 0) is 25.1 Å². The Morgan fingerprint density at radius 3 is 2.44 bits per heavy atom. The molecule has 0 bridgehead atoms. The Labute approximate surface area is 106 Å². The molecule has 0 atom stereocenters. The van der Waals surface area contributed by atoms with Crippen molar-refractivity contribution in [3.05, 3.63) is 52.2 Å². The van der Waals surface area contributed by atoms with Crippen molar-refractivity contribution in [2.24, 2.45) is 0 Å². The number of hydrogen-bond donors (Lipinski definition) is 0. The standard InChI is InChI=1S/C14H9B2O2/c1-8-2-4-12-10(6-8)14(17)11-7-9(16-15)3-5-13(11)18-12/h2-7H,1H3. The van der Waals surface area contributed by atoms with E-state index in [0.29, 0.717) is 21.9 Å². The van der Waals surface area contributed by atoms with Crippen molar-refractivity contribution in [1.82, 2.24) is 0 Å². The van der Waals surface area contributed by atoms with Gasteiger partial charge in [0.15, 0.2) is 0 Å². The largest absolute Gasteiger partial charge is 0.456 e. The van der Waals surface area contributed by atoms with Gasteiger partial charge in [0.1, 0.15) is 11.2 Å². The summed E-state index contributed by atoms with van der Waals surface area (Å²) in [7, 11) is 6.94. The lowest BCUT2D eigenvalue weighted by molar-refractivity contribution is 0.660. The monoisotopic (exact) mass is 231 g/mol. The first-order chi connectivity index (χ1) is 8.69. The second-order valence-corrected chi connectivity index (χ2v) is 4.35. The van der Waals surface area contributed by atoms with Crippen LogP contribution in [0.1, 0.15) is 5.56 Å². The minimum Gasteiger partial charge on any atom is -0.456 e. The maximum absolute atomic E-state index is 12.4. The van der Waals surface area contributed by atoms with Gasteiger partial charge < -0.3 is 4.42 Å². The summed E-state index contributed by atoms with van der Waals surface area (Å²) in [5.74, 6) is 0. The number of aryl methyl sites for hydroxylation is 1. The van der Waals surface area contributed by atoms with Crippen LogP contribution in [0.15, 0.2) is 45.6 Å². The molecular formula is C14H9B2O2. The third-order valence-electron chi connectivity index (χ3n) is 3.04. The van der Waals surface area contributed by atoms with Gasteiger partial charge in [-0.25, -0.2) is 0 Å². The summed E-state index contributed by atoms with van der Waals surface area (Å²) in [4.78, 5) is 12.4. The first-order valence-electron chi connectivity index (χ1n) is 5.71. The zero-order valence-electron chi connectivity index (χ0n) is 9.94. The second-order valence-electron chi connectivity index (χ2n) is 4.35. The minimum atomic E-state index is -0.0151. The second kappa shape index (κ2) is 4.05. The van der Waals surface area contributed by atoms with Crippen LogP contribution in [0.4, 0.5) is 0 Å². The number of rotatable bonds is 1. The fourth-order valence-electron chi connectivity index (χ4n) is 2.09. The Kier molecular flexibility index (Phi) is 2.51. The minimum absolute atomic E-state index is 0.0151. The highest BCUT2D eigenvalue weighted by Gasteiger charge is 2.07. The molecule has 0 unspecified atom stereocenters. The summed E-state index contributed by atoms with van der Waals surface area (Å²) in [5, 5.41) is 1.17. The number of benzene rings is 2. The molecule has 0 N–H and O–H groups in total. The van der Waals surface area contributed by atoms with Crippen LogP contribution >= 0.6 is 0 Å². The first kappa shape index (κ1) is 11.1. The van der Waals surface area contributed by atoms with E-state index >= 15 is 0 Å². The summed E-state index contributed by atoms with van der Waals surface area (Å²) in [6, 6.07) is 11.0. The summed E-state index contributed by atoms with van der Waals surface area (Å²) < 4.78 is 5.73. The SMILES string of the molecule is [B][B]c1ccc2oc3ccc(C)cc3c(=O)c2c1. The molecular weight excluding hydrogens is 222 g/mol. The van der Waals surface area contributed by atoms with Crippen LogP contribution in [0, 0.1) is 6.92 Å². The fourth-order valence-corrected chi connectivity index (χ4v) is 2.09. The lowest BCUT2D eigenvalue weighted by Crippen LogP contribution is -2.15. The molecule has 3 rings (SSSR count). The highest BCUT2D eigenvalue weighted by Crippen LogP contribution is 2.18. The smallest absolute Gasteiger partial charge is 0.200 e. The van der Waals surface area contributed by atoms with Crippen LogP contribution in [0.25, 0.3) is 21.9 Å². The van der Waals surface area contributed by atoms with Gasteiger partial charge in [0, 0.05) is 7.74 Å². The topological polar surface area (TPSA) is 30.2 Å². The Morgan fingerprint density at radius 1 is 1.06 bits per heavy atom. The summed E-state index contributed by atoms with van der Waals surface area (Å²) >= 11 is 0. The van der Waals surface area contributed by atoms with Crippen LogP contribution in [-0.2, 0) is 0 Å². The maximum Gasteiger partial charge on any atom is 0.200 e. The fraction of sp³-hybridized carbons (Fsp3) is 0.0714. The van der Waals surface area contributed by atoms with Crippen molar-refractivity contribution in [2.45, 2.75) is 6.92 Å². The van der Waals surface area contributed by atoms with Gasteiger partial charge in [-0.3, -0.25) is 4.79 Å². The Bertz CT molecular complexity index is 806. The van der Waals surface area contributed by atoms with E-state index in [2.05, 4.69) is 0 Å². The van der Waals surface area contributed by atoms with Gasteiger partial charge in [0.25, 0.3) is 0 Å². The molecule has 0 aliphatic heterocycles. The Morgan fingerprint density at radius 2 is 1.72 bits per heavy atom. The molecule has 2 aromatic carbocycles. The van der Waals surface area contributed by atoms with E-state index in [1.807, 2.05) is 31.2 Å². The summed E-state index contributed by atoms with van der Waals surface area (Å²) in [6.07, 6.45) is 0. The quantitative estimate of drug-likeness (QED) is 0.470. The van der Waals surface area contributed by atoms with Crippen LogP contribution in [0.5, 0.6) is 0 Å². The molecule has 2 nitrogen and oxygen atoms in total. The molecule has 1 aromatic heterocycles. The lowest BCUT2D eigenvalue weighted by atomic mass is 9.51. The third kappa shape index (κ3) is 1.65. The molecule has 0 fully saturated rings. The zero-order chi connectivity index (χ0) is 12.7. The Hall–Kier alpha value is -1.96. The highest BCUT2D eigenvalue weighted by molar-refractivity contribution is 6.97. The van der Waals surface area contributed by atoms with Crippen LogP contribution in [0.2, 0.25) is 0 Å². The van der Waals surface area contributed by atoms with Gasteiger partial charge in [-0.2, -0.15) is 0 Å². The molecule has 0 aliphatic carbocycles. The van der Waals surface area contributed by atoms with Gasteiger partial charge in [0.05, 0.1) is 17.9 Å². The van der Waals surface area contributed by atoms with Crippen molar-refractivity contribution in [1.29, 1.82) is 0 Å². The molecule has 3 aromatic rings. The van der Waals surface area contributed by atoms with Crippen molar-refractivity contribution < 1.29 is 4.42 Å². The molecule has 0 saturated carbocycles. The first-order valence-corrected chi connectivity index (χ1v) is 5.71. The molecule has 0 amide bonds. The molecule has 18 heavy (non-hydrogen) atoms. The molecule has 1 heterocycles. The van der Waals surface area contributed by atoms with E-state index in [-0.39, 0.29) is 5.43 Å². The predicted molar refractivity (Wildman–Crippen MR) is 75.9 cm³/mol. The van der Waals surface area contributed by atoms with Gasteiger partial charge >= 0.3 is 0 Å². The number of fused-ring (bicyclic) bond motifs is 2. The molecule has 0 saturated heterocycles. The van der Waals surface area contributed by atoms with E-state index < -0.39 is 0 Å². The predicted octanol–water partition coefficient (Wildman–Crippen LogP) is 1.67. The lowest BCUT2D eigenvalue weighted by Gasteiger charge is -2.03. The van der Waals surface area contributed by atoms with E-state index in [9.17, 15) is 4.79 Å². The van der Waals surface area contributed by atoms with Crippen molar-refractivity contribution >= 4 is 42.3 Å². The van der Waals surface area contributed by atoms with Crippen LogP contribution < -0.4 is 10.9 Å². The van der Waals surface area contributed by atoms with Crippen LogP contribution in [-0.4, -0.2) is 14.9 Å². The molecule has 0 spiro atoms. The molecule has 0 aliphatic rings. The molecule has 4 heteroatoms. The van der Waals surface area contributed by atoms with E-state index in [0.717, 1.165) is 11.0 Å². The van der Waals surface area contributed by atoms with Crippen molar-refractivity contribution in [2.75, 3.05) is 0 Å². The highest BCUT2D eigenvalue weighted by atomic mass is 16.3. The van der Waals surface area contributed by atoms with Crippen LogP contribution in [0.3, 0.4) is 0 Å². The average Bonchev–Trinajstić information content (AvgIpc) is 2.40.